The highest BCUT2D eigenvalue weighted by Gasteiger charge is 2.08. The molecule has 2 rings (SSSR count). The highest BCUT2D eigenvalue weighted by Crippen LogP contribution is 2.02. The summed E-state index contributed by atoms with van der Waals surface area (Å²) in [6, 6.07) is 3.35. The van der Waals surface area contributed by atoms with Gasteiger partial charge in [-0.05, 0) is 26.0 Å². The van der Waals surface area contributed by atoms with Gasteiger partial charge >= 0.3 is 0 Å². The number of carbonyl (C=O) groups is 1. The molecular weight excluding hydrogens is 256 g/mol. The molecule has 0 spiro atoms. The predicted octanol–water partition coefficient (Wildman–Crippen LogP) is 0.937. The minimum Gasteiger partial charge on any atom is -0.369 e. The standard InChI is InChI=1S/C13H16N6O/c1-3-14-12-5-4-11(18-19-12)13(20)17-8-10-7-15-9(2)6-16-10/h4-7H,3,8H2,1-2H3,(H,14,19)(H,17,20). The lowest BCUT2D eigenvalue weighted by atomic mass is 10.3. The summed E-state index contributed by atoms with van der Waals surface area (Å²) in [5, 5.41) is 13.5. The molecule has 0 atom stereocenters. The van der Waals surface area contributed by atoms with Crippen molar-refractivity contribution >= 4 is 11.7 Å². The quantitative estimate of drug-likeness (QED) is 0.841. The molecule has 0 aliphatic rings. The Balaban J connectivity index is 1.92. The lowest BCUT2D eigenvalue weighted by Gasteiger charge is -2.05. The number of hydrogen-bond donors (Lipinski definition) is 2. The first-order valence-electron chi connectivity index (χ1n) is 6.32. The third-order valence-corrected chi connectivity index (χ3v) is 2.52. The van der Waals surface area contributed by atoms with Crippen LogP contribution in [0, 0.1) is 6.92 Å². The number of hydrogen-bond acceptors (Lipinski definition) is 6. The Kier molecular flexibility index (Phi) is 4.54. The van der Waals surface area contributed by atoms with Crippen LogP contribution in [-0.2, 0) is 6.54 Å². The van der Waals surface area contributed by atoms with Gasteiger partial charge in [-0.25, -0.2) is 0 Å². The molecule has 0 aliphatic carbocycles. The van der Waals surface area contributed by atoms with Gasteiger partial charge in [0.05, 0.1) is 24.1 Å². The number of nitrogens with zero attached hydrogens (tertiary/aromatic N) is 4. The van der Waals surface area contributed by atoms with E-state index in [2.05, 4.69) is 30.8 Å². The van der Waals surface area contributed by atoms with Crippen LogP contribution in [-0.4, -0.2) is 32.6 Å². The fraction of sp³-hybridized carbons (Fsp3) is 0.308. The van der Waals surface area contributed by atoms with Crippen LogP contribution < -0.4 is 10.6 Å². The molecule has 0 unspecified atom stereocenters. The summed E-state index contributed by atoms with van der Waals surface area (Å²) in [7, 11) is 0. The number of aryl methyl sites for hydroxylation is 1. The molecule has 0 saturated carbocycles. The molecule has 0 aliphatic heterocycles. The van der Waals surface area contributed by atoms with E-state index in [1.807, 2.05) is 13.8 Å². The fourth-order valence-corrected chi connectivity index (χ4v) is 1.50. The monoisotopic (exact) mass is 272 g/mol. The van der Waals surface area contributed by atoms with Crippen LogP contribution in [0.4, 0.5) is 5.82 Å². The number of aromatic nitrogens is 4. The molecule has 20 heavy (non-hydrogen) atoms. The summed E-state index contributed by atoms with van der Waals surface area (Å²) in [6.45, 7) is 4.89. The Morgan fingerprint density at radius 3 is 2.65 bits per heavy atom. The van der Waals surface area contributed by atoms with Gasteiger partial charge < -0.3 is 10.6 Å². The van der Waals surface area contributed by atoms with E-state index < -0.39 is 0 Å². The Hall–Kier alpha value is -2.57. The van der Waals surface area contributed by atoms with E-state index in [1.165, 1.54) is 0 Å². The smallest absolute Gasteiger partial charge is 0.272 e. The Morgan fingerprint density at radius 1 is 1.20 bits per heavy atom. The van der Waals surface area contributed by atoms with E-state index in [0.29, 0.717) is 18.1 Å². The summed E-state index contributed by atoms with van der Waals surface area (Å²) in [5.41, 5.74) is 1.80. The average Bonchev–Trinajstić information content (AvgIpc) is 2.47. The van der Waals surface area contributed by atoms with Crippen molar-refractivity contribution in [1.29, 1.82) is 0 Å². The van der Waals surface area contributed by atoms with Crippen molar-refractivity contribution in [3.63, 3.8) is 0 Å². The maximum absolute atomic E-state index is 11.9. The van der Waals surface area contributed by atoms with Gasteiger partial charge in [-0.15, -0.1) is 10.2 Å². The van der Waals surface area contributed by atoms with Crippen LogP contribution in [0.2, 0.25) is 0 Å². The number of amides is 1. The SMILES string of the molecule is CCNc1ccc(C(=O)NCc2cnc(C)cn2)nn1. The molecule has 104 valence electrons. The molecule has 7 heteroatoms. The van der Waals surface area contributed by atoms with Crippen molar-refractivity contribution in [2.75, 3.05) is 11.9 Å². The van der Waals surface area contributed by atoms with E-state index in [1.54, 1.807) is 24.5 Å². The van der Waals surface area contributed by atoms with Gasteiger partial charge in [-0.2, -0.15) is 0 Å². The second-order valence-electron chi connectivity index (χ2n) is 4.17. The van der Waals surface area contributed by atoms with Gasteiger partial charge in [0.1, 0.15) is 5.82 Å². The number of carbonyl (C=O) groups excluding carboxylic acids is 1. The first-order chi connectivity index (χ1) is 9.69. The van der Waals surface area contributed by atoms with Crippen molar-refractivity contribution in [1.82, 2.24) is 25.5 Å². The first kappa shape index (κ1) is 13.9. The molecule has 0 radical (unpaired) electrons. The van der Waals surface area contributed by atoms with Crippen molar-refractivity contribution in [3.8, 4) is 0 Å². The van der Waals surface area contributed by atoms with Crippen LogP contribution in [0.1, 0.15) is 28.8 Å². The van der Waals surface area contributed by atoms with E-state index in [0.717, 1.165) is 12.2 Å². The topological polar surface area (TPSA) is 92.7 Å². The molecule has 1 amide bonds. The largest absolute Gasteiger partial charge is 0.369 e. The van der Waals surface area contributed by atoms with Crippen LogP contribution in [0.25, 0.3) is 0 Å². The third-order valence-electron chi connectivity index (χ3n) is 2.52. The van der Waals surface area contributed by atoms with Gasteiger partial charge in [0.15, 0.2) is 5.69 Å². The van der Waals surface area contributed by atoms with Gasteiger partial charge in [-0.1, -0.05) is 0 Å². The van der Waals surface area contributed by atoms with Gasteiger partial charge in [0.25, 0.3) is 5.91 Å². The Bertz CT molecular complexity index is 566. The minimum atomic E-state index is -0.289. The lowest BCUT2D eigenvalue weighted by Crippen LogP contribution is -2.24. The van der Waals surface area contributed by atoms with Crippen LogP contribution in [0.15, 0.2) is 24.5 Å². The minimum absolute atomic E-state index is 0.270. The summed E-state index contributed by atoms with van der Waals surface area (Å²) >= 11 is 0. The van der Waals surface area contributed by atoms with E-state index in [-0.39, 0.29) is 11.6 Å². The normalized spacial score (nSPS) is 10.1. The summed E-state index contributed by atoms with van der Waals surface area (Å²) in [5.74, 6) is 0.358. The van der Waals surface area contributed by atoms with E-state index in [9.17, 15) is 4.79 Å². The third kappa shape index (κ3) is 3.71. The molecule has 2 aromatic rings. The maximum atomic E-state index is 11.9. The van der Waals surface area contributed by atoms with Crippen molar-refractivity contribution < 1.29 is 4.79 Å². The number of rotatable bonds is 5. The van der Waals surface area contributed by atoms with E-state index in [4.69, 9.17) is 0 Å². The van der Waals surface area contributed by atoms with Crippen molar-refractivity contribution in [2.24, 2.45) is 0 Å². The molecule has 0 bridgehead atoms. The fourth-order valence-electron chi connectivity index (χ4n) is 1.50. The van der Waals surface area contributed by atoms with Crippen LogP contribution in [0.5, 0.6) is 0 Å². The maximum Gasteiger partial charge on any atom is 0.272 e. The zero-order valence-electron chi connectivity index (χ0n) is 11.4. The Labute approximate surface area is 116 Å². The first-order valence-corrected chi connectivity index (χ1v) is 6.32. The molecular formula is C13H16N6O. The number of nitrogens with one attached hydrogen (secondary N) is 2. The van der Waals surface area contributed by atoms with Gasteiger partial charge in [0, 0.05) is 12.7 Å². The Morgan fingerprint density at radius 2 is 2.05 bits per heavy atom. The summed E-state index contributed by atoms with van der Waals surface area (Å²) in [6.07, 6.45) is 3.29. The van der Waals surface area contributed by atoms with Crippen LogP contribution in [0.3, 0.4) is 0 Å². The second kappa shape index (κ2) is 6.55. The second-order valence-corrected chi connectivity index (χ2v) is 4.17. The van der Waals surface area contributed by atoms with Crippen molar-refractivity contribution in [3.05, 3.63) is 41.6 Å². The summed E-state index contributed by atoms with van der Waals surface area (Å²) in [4.78, 5) is 20.1. The zero-order chi connectivity index (χ0) is 14.4. The summed E-state index contributed by atoms with van der Waals surface area (Å²) < 4.78 is 0. The number of anilines is 1. The average molecular weight is 272 g/mol. The highest BCUT2D eigenvalue weighted by atomic mass is 16.1. The molecule has 7 nitrogen and oxygen atoms in total. The molecule has 0 saturated heterocycles. The molecule has 2 aromatic heterocycles. The zero-order valence-corrected chi connectivity index (χ0v) is 11.4. The van der Waals surface area contributed by atoms with Crippen molar-refractivity contribution in [2.45, 2.75) is 20.4 Å². The van der Waals surface area contributed by atoms with Gasteiger partial charge in [-0.3, -0.25) is 14.8 Å². The predicted molar refractivity (Wildman–Crippen MR) is 74.1 cm³/mol. The molecule has 0 fully saturated rings. The van der Waals surface area contributed by atoms with Crippen LogP contribution >= 0.6 is 0 Å². The molecule has 0 aromatic carbocycles. The van der Waals surface area contributed by atoms with E-state index >= 15 is 0 Å². The lowest BCUT2D eigenvalue weighted by molar-refractivity contribution is 0.0944. The molecule has 2 heterocycles. The molecule has 2 N–H and O–H groups in total. The van der Waals surface area contributed by atoms with Gasteiger partial charge in [0.2, 0.25) is 0 Å². The highest BCUT2D eigenvalue weighted by molar-refractivity contribution is 5.92.